The predicted molar refractivity (Wildman–Crippen MR) is 110 cm³/mol. The Labute approximate surface area is 167 Å². The third kappa shape index (κ3) is 4.24. The average molecular weight is 389 g/mol. The molecule has 0 spiro atoms. The molecule has 28 heavy (non-hydrogen) atoms. The van der Waals surface area contributed by atoms with E-state index in [2.05, 4.69) is 29.0 Å². The highest BCUT2D eigenvalue weighted by Gasteiger charge is 2.38. The molecule has 0 saturated carbocycles. The first-order valence-electron chi connectivity index (χ1n) is 10.1. The van der Waals surface area contributed by atoms with Gasteiger partial charge in [-0.2, -0.15) is 0 Å². The third-order valence-corrected chi connectivity index (χ3v) is 5.88. The molecule has 2 atom stereocenters. The van der Waals surface area contributed by atoms with Gasteiger partial charge in [-0.15, -0.1) is 0 Å². The summed E-state index contributed by atoms with van der Waals surface area (Å²) in [5.41, 5.74) is 2.07. The van der Waals surface area contributed by atoms with Crippen molar-refractivity contribution in [3.8, 4) is 0 Å². The van der Waals surface area contributed by atoms with Gasteiger partial charge in [-0.1, -0.05) is 26.0 Å². The molecule has 7 heteroatoms. The quantitative estimate of drug-likeness (QED) is 0.861. The van der Waals surface area contributed by atoms with Crippen LogP contribution in [0.25, 0.3) is 0 Å². The highest BCUT2D eigenvalue weighted by atomic mass is 16.4. The van der Waals surface area contributed by atoms with E-state index in [1.807, 2.05) is 37.8 Å². The molecule has 0 radical (unpaired) electrons. The van der Waals surface area contributed by atoms with Crippen molar-refractivity contribution in [1.82, 2.24) is 14.7 Å². The van der Waals surface area contributed by atoms with Crippen LogP contribution in [0.4, 0.5) is 10.5 Å². The van der Waals surface area contributed by atoms with Gasteiger partial charge >= 0.3 is 6.09 Å². The first-order valence-corrected chi connectivity index (χ1v) is 10.1. The highest BCUT2D eigenvalue weighted by Crippen LogP contribution is 2.31. The molecule has 2 heterocycles. The normalized spacial score (nSPS) is 24.0. The SMILES string of the molecule is CC(C)C(=O)N1C[C@H](c2cccc(N3CCN(C)CC3)c2)N(C(=O)O)C[C@H]1C. The topological polar surface area (TPSA) is 67.3 Å². The fourth-order valence-electron chi connectivity index (χ4n) is 4.10. The number of carbonyl (C=O) groups excluding carboxylic acids is 1. The fraction of sp³-hybridized carbons (Fsp3) is 0.619. The zero-order chi connectivity index (χ0) is 20.4. The molecule has 2 amide bonds. The minimum Gasteiger partial charge on any atom is -0.465 e. The van der Waals surface area contributed by atoms with E-state index < -0.39 is 6.09 Å². The maximum atomic E-state index is 12.7. The highest BCUT2D eigenvalue weighted by molar-refractivity contribution is 5.79. The lowest BCUT2D eigenvalue weighted by Gasteiger charge is -2.45. The Hall–Kier alpha value is -2.28. The number of hydrogen-bond acceptors (Lipinski definition) is 4. The lowest BCUT2D eigenvalue weighted by molar-refractivity contribution is -0.140. The van der Waals surface area contributed by atoms with E-state index in [9.17, 15) is 14.7 Å². The number of benzene rings is 1. The largest absolute Gasteiger partial charge is 0.465 e. The Balaban J connectivity index is 1.87. The number of carboxylic acid groups (broad SMARTS) is 1. The molecular weight excluding hydrogens is 356 g/mol. The molecule has 1 aromatic carbocycles. The lowest BCUT2D eigenvalue weighted by atomic mass is 9.98. The number of carbonyl (C=O) groups is 2. The van der Waals surface area contributed by atoms with Gasteiger partial charge in [0.25, 0.3) is 0 Å². The van der Waals surface area contributed by atoms with Gasteiger partial charge in [0.15, 0.2) is 0 Å². The average Bonchev–Trinajstić information content (AvgIpc) is 2.67. The maximum Gasteiger partial charge on any atom is 0.407 e. The van der Waals surface area contributed by atoms with Crippen molar-refractivity contribution in [3.63, 3.8) is 0 Å². The van der Waals surface area contributed by atoms with Crippen LogP contribution >= 0.6 is 0 Å². The minimum atomic E-state index is -0.932. The summed E-state index contributed by atoms with van der Waals surface area (Å²) in [6, 6.07) is 7.69. The van der Waals surface area contributed by atoms with Crippen LogP contribution in [-0.4, -0.2) is 84.2 Å². The van der Waals surface area contributed by atoms with Crippen molar-refractivity contribution in [2.24, 2.45) is 5.92 Å². The second kappa shape index (κ2) is 8.39. The Morgan fingerprint density at radius 2 is 1.75 bits per heavy atom. The number of amides is 2. The Kier molecular flexibility index (Phi) is 6.13. The van der Waals surface area contributed by atoms with Crippen molar-refractivity contribution < 1.29 is 14.7 Å². The molecule has 0 aliphatic carbocycles. The van der Waals surface area contributed by atoms with Crippen molar-refractivity contribution in [3.05, 3.63) is 29.8 Å². The summed E-state index contributed by atoms with van der Waals surface area (Å²) in [6.45, 7) is 10.4. The number of hydrogen-bond donors (Lipinski definition) is 1. The van der Waals surface area contributed by atoms with Gasteiger partial charge in [0.2, 0.25) is 5.91 Å². The monoisotopic (exact) mass is 388 g/mol. The molecule has 2 fully saturated rings. The molecule has 1 N–H and O–H groups in total. The summed E-state index contributed by atoms with van der Waals surface area (Å²) in [6.07, 6.45) is -0.932. The van der Waals surface area contributed by atoms with Gasteiger partial charge in [-0.05, 0) is 31.7 Å². The number of likely N-dealkylation sites (N-methyl/N-ethyl adjacent to an activating group) is 1. The summed E-state index contributed by atoms with van der Waals surface area (Å²) in [5.74, 6) is -0.0195. The summed E-state index contributed by atoms with van der Waals surface area (Å²) in [5, 5.41) is 9.78. The van der Waals surface area contributed by atoms with Crippen LogP contribution in [-0.2, 0) is 4.79 Å². The van der Waals surface area contributed by atoms with Gasteiger partial charge in [-0.3, -0.25) is 9.69 Å². The first kappa shape index (κ1) is 20.5. The fourth-order valence-corrected chi connectivity index (χ4v) is 4.10. The predicted octanol–water partition coefficient (Wildman–Crippen LogP) is 2.35. The molecule has 2 aliphatic rings. The first-order chi connectivity index (χ1) is 13.3. The molecule has 2 aliphatic heterocycles. The number of piperazine rings is 2. The molecule has 0 bridgehead atoms. The van der Waals surface area contributed by atoms with Crippen LogP contribution in [0.3, 0.4) is 0 Å². The van der Waals surface area contributed by atoms with Crippen molar-refractivity contribution in [2.45, 2.75) is 32.9 Å². The molecule has 1 aromatic rings. The van der Waals surface area contributed by atoms with E-state index >= 15 is 0 Å². The van der Waals surface area contributed by atoms with Crippen LogP contribution in [0.5, 0.6) is 0 Å². The van der Waals surface area contributed by atoms with E-state index in [4.69, 9.17) is 0 Å². The van der Waals surface area contributed by atoms with Crippen molar-refractivity contribution in [2.75, 3.05) is 51.2 Å². The van der Waals surface area contributed by atoms with Crippen LogP contribution in [0.15, 0.2) is 24.3 Å². The Morgan fingerprint density at radius 3 is 2.36 bits per heavy atom. The minimum absolute atomic E-state index is 0.0813. The second-order valence-electron chi connectivity index (χ2n) is 8.33. The van der Waals surface area contributed by atoms with E-state index in [-0.39, 0.29) is 23.9 Å². The molecule has 2 saturated heterocycles. The maximum absolute atomic E-state index is 12.7. The number of anilines is 1. The Morgan fingerprint density at radius 1 is 1.07 bits per heavy atom. The van der Waals surface area contributed by atoms with Crippen LogP contribution in [0.1, 0.15) is 32.4 Å². The van der Waals surface area contributed by atoms with E-state index in [1.54, 1.807) is 0 Å². The molecule has 7 nitrogen and oxygen atoms in total. The second-order valence-corrected chi connectivity index (χ2v) is 8.33. The summed E-state index contributed by atoms with van der Waals surface area (Å²) in [7, 11) is 2.13. The third-order valence-electron chi connectivity index (χ3n) is 5.88. The van der Waals surface area contributed by atoms with Gasteiger partial charge in [0, 0.05) is 56.9 Å². The van der Waals surface area contributed by atoms with Crippen LogP contribution in [0, 0.1) is 5.92 Å². The van der Waals surface area contributed by atoms with Crippen LogP contribution < -0.4 is 4.90 Å². The summed E-state index contributed by atoms with van der Waals surface area (Å²) >= 11 is 0. The zero-order valence-electron chi connectivity index (χ0n) is 17.3. The molecule has 154 valence electrons. The molecular formula is C21H32N4O3. The standard InChI is InChI=1S/C21H32N4O3/c1-15(2)20(26)24-14-19(25(21(27)28)13-16(24)3)17-6-5-7-18(12-17)23-10-8-22(4)9-11-23/h5-7,12,15-16,19H,8-11,13-14H2,1-4H3,(H,27,28)/t16-,19-/m1/s1. The van der Waals surface area contributed by atoms with Gasteiger partial charge in [-0.25, -0.2) is 4.79 Å². The molecule has 0 aromatic heterocycles. The number of nitrogens with zero attached hydrogens (tertiary/aromatic N) is 4. The van der Waals surface area contributed by atoms with Crippen molar-refractivity contribution >= 4 is 17.7 Å². The van der Waals surface area contributed by atoms with Gasteiger partial charge in [0.05, 0.1) is 6.04 Å². The summed E-state index contributed by atoms with van der Waals surface area (Å²) < 4.78 is 0. The van der Waals surface area contributed by atoms with Gasteiger partial charge < -0.3 is 19.8 Å². The van der Waals surface area contributed by atoms with E-state index in [0.717, 1.165) is 37.4 Å². The number of rotatable bonds is 3. The Bertz CT molecular complexity index is 715. The summed E-state index contributed by atoms with van der Waals surface area (Å²) in [4.78, 5) is 32.6. The van der Waals surface area contributed by atoms with E-state index in [0.29, 0.717) is 13.1 Å². The molecule has 0 unspecified atom stereocenters. The van der Waals surface area contributed by atoms with Crippen LogP contribution in [0.2, 0.25) is 0 Å². The van der Waals surface area contributed by atoms with Crippen molar-refractivity contribution in [1.29, 1.82) is 0 Å². The lowest BCUT2D eigenvalue weighted by Crippen LogP contribution is -2.57. The zero-order valence-corrected chi connectivity index (χ0v) is 17.3. The van der Waals surface area contributed by atoms with Gasteiger partial charge in [0.1, 0.15) is 0 Å². The molecule has 3 rings (SSSR count). The smallest absolute Gasteiger partial charge is 0.407 e. The van der Waals surface area contributed by atoms with E-state index in [1.165, 1.54) is 4.90 Å².